The van der Waals surface area contributed by atoms with E-state index in [0.29, 0.717) is 5.69 Å². The molecule has 9 heteroatoms. The average molecular weight is 522 g/mol. The van der Waals surface area contributed by atoms with Crippen LogP contribution < -0.4 is 5.32 Å². The summed E-state index contributed by atoms with van der Waals surface area (Å²) in [7, 11) is 0. The number of fused-ring (bicyclic) bond motifs is 1. The Morgan fingerprint density at radius 2 is 1.62 bits per heavy atom. The standard InChI is InChI=1S/C25H16Cl2F3NO2S/c26-16-8-10-18(19(27)13-16)22(31-17-9-7-14-4-1-2-5-15(14)12-17)21(24(33)25(28,29)30)23(32)20-6-3-11-34-20/h1-13,21-22,31H/t21-,22-/m0/s1. The summed E-state index contributed by atoms with van der Waals surface area (Å²) in [6.07, 6.45) is -5.24. The van der Waals surface area contributed by atoms with Crippen molar-refractivity contribution in [2.24, 2.45) is 5.92 Å². The van der Waals surface area contributed by atoms with Crippen molar-refractivity contribution >= 4 is 62.6 Å². The van der Waals surface area contributed by atoms with E-state index in [1.807, 2.05) is 24.3 Å². The van der Waals surface area contributed by atoms with Crippen LogP contribution in [0.15, 0.2) is 78.2 Å². The van der Waals surface area contributed by atoms with Crippen LogP contribution in [0.1, 0.15) is 21.3 Å². The molecule has 0 bridgehead atoms. The van der Waals surface area contributed by atoms with Crippen LogP contribution in [-0.4, -0.2) is 17.7 Å². The lowest BCUT2D eigenvalue weighted by molar-refractivity contribution is -0.174. The minimum Gasteiger partial charge on any atom is -0.377 e. The molecule has 0 unspecified atom stereocenters. The fourth-order valence-electron chi connectivity index (χ4n) is 3.72. The van der Waals surface area contributed by atoms with Crippen LogP contribution in [0, 0.1) is 5.92 Å². The molecule has 0 aliphatic rings. The van der Waals surface area contributed by atoms with Crippen molar-refractivity contribution < 1.29 is 22.8 Å². The second kappa shape index (κ2) is 9.78. The van der Waals surface area contributed by atoms with Gasteiger partial charge < -0.3 is 5.32 Å². The van der Waals surface area contributed by atoms with E-state index < -0.39 is 29.7 Å². The maximum atomic E-state index is 13.7. The highest BCUT2D eigenvalue weighted by molar-refractivity contribution is 7.12. The molecule has 0 fully saturated rings. The van der Waals surface area contributed by atoms with E-state index in [9.17, 15) is 22.8 Å². The van der Waals surface area contributed by atoms with Gasteiger partial charge in [-0.2, -0.15) is 13.2 Å². The van der Waals surface area contributed by atoms with Crippen molar-refractivity contribution in [1.29, 1.82) is 0 Å². The SMILES string of the molecule is O=C(c1cccs1)[C@@H](C(=O)C(F)(F)F)[C@@H](Nc1ccc2ccccc2c1)c1ccc(Cl)cc1Cl. The van der Waals surface area contributed by atoms with Gasteiger partial charge in [0.1, 0.15) is 5.92 Å². The first kappa shape index (κ1) is 24.3. The van der Waals surface area contributed by atoms with E-state index in [4.69, 9.17) is 23.2 Å². The number of benzene rings is 3. The number of halogens is 5. The Hall–Kier alpha value is -2.87. The van der Waals surface area contributed by atoms with Crippen molar-refractivity contribution in [3.05, 3.63) is 98.7 Å². The molecule has 4 rings (SSSR count). The quantitative estimate of drug-likeness (QED) is 0.198. The highest BCUT2D eigenvalue weighted by atomic mass is 35.5. The number of hydrogen-bond donors (Lipinski definition) is 1. The van der Waals surface area contributed by atoms with Gasteiger partial charge in [0.2, 0.25) is 5.78 Å². The molecule has 34 heavy (non-hydrogen) atoms. The number of thiophene rings is 1. The van der Waals surface area contributed by atoms with Crippen molar-refractivity contribution in [3.63, 3.8) is 0 Å². The smallest absolute Gasteiger partial charge is 0.377 e. The average Bonchev–Trinajstić information content (AvgIpc) is 3.33. The van der Waals surface area contributed by atoms with Gasteiger partial charge in [-0.15, -0.1) is 11.3 Å². The third kappa shape index (κ3) is 5.12. The summed E-state index contributed by atoms with van der Waals surface area (Å²) < 4.78 is 41.1. The van der Waals surface area contributed by atoms with Gasteiger partial charge in [-0.25, -0.2) is 0 Å². The third-order valence-corrected chi connectivity index (χ3v) is 6.76. The zero-order valence-electron chi connectivity index (χ0n) is 17.3. The molecule has 0 aliphatic carbocycles. The lowest BCUT2D eigenvalue weighted by Gasteiger charge is -2.29. The first-order valence-corrected chi connectivity index (χ1v) is 11.7. The van der Waals surface area contributed by atoms with Crippen molar-refractivity contribution in [3.8, 4) is 0 Å². The molecule has 0 saturated carbocycles. The minimum atomic E-state index is -5.24. The summed E-state index contributed by atoms with van der Waals surface area (Å²) in [6, 6.07) is 18.4. The molecule has 3 nitrogen and oxygen atoms in total. The molecule has 2 atom stereocenters. The zero-order chi connectivity index (χ0) is 24.5. The van der Waals surface area contributed by atoms with Gasteiger partial charge in [-0.3, -0.25) is 9.59 Å². The first-order valence-electron chi connectivity index (χ1n) is 10.0. The van der Waals surface area contributed by atoms with E-state index in [2.05, 4.69) is 5.32 Å². The number of anilines is 1. The Kier molecular flexibility index (Phi) is 6.98. The predicted octanol–water partition coefficient (Wildman–Crippen LogP) is 7.99. The molecule has 4 aromatic rings. The molecule has 0 saturated heterocycles. The molecule has 1 N–H and O–H groups in total. The first-order chi connectivity index (χ1) is 16.1. The van der Waals surface area contributed by atoms with Gasteiger partial charge in [0.25, 0.3) is 0 Å². The molecule has 1 aromatic heterocycles. The van der Waals surface area contributed by atoms with Crippen molar-refractivity contribution in [2.75, 3.05) is 5.32 Å². The topological polar surface area (TPSA) is 46.2 Å². The maximum Gasteiger partial charge on any atom is 0.450 e. The number of alkyl halides is 3. The molecule has 0 spiro atoms. The number of carbonyl (C=O) groups is 2. The molecule has 0 aliphatic heterocycles. The third-order valence-electron chi connectivity index (χ3n) is 5.31. The predicted molar refractivity (Wildman–Crippen MR) is 130 cm³/mol. The molecule has 3 aromatic carbocycles. The van der Waals surface area contributed by atoms with E-state index in [1.54, 1.807) is 23.6 Å². The summed E-state index contributed by atoms with van der Waals surface area (Å²) in [4.78, 5) is 26.0. The fourth-order valence-corrected chi connectivity index (χ4v) is 4.95. The minimum absolute atomic E-state index is 0.0322. The normalized spacial score (nSPS) is 13.4. The number of rotatable bonds is 7. The van der Waals surface area contributed by atoms with E-state index in [-0.39, 0.29) is 20.5 Å². The molecule has 1 heterocycles. The van der Waals surface area contributed by atoms with Crippen LogP contribution in [0.3, 0.4) is 0 Å². The van der Waals surface area contributed by atoms with Gasteiger partial charge in [0.15, 0.2) is 5.78 Å². The summed E-state index contributed by atoms with van der Waals surface area (Å²) >= 11 is 13.3. The zero-order valence-corrected chi connectivity index (χ0v) is 19.6. The molecule has 174 valence electrons. The van der Waals surface area contributed by atoms with Crippen molar-refractivity contribution in [1.82, 2.24) is 0 Å². The molecule has 0 amide bonds. The lowest BCUT2D eigenvalue weighted by atomic mass is 9.84. The van der Waals surface area contributed by atoms with Gasteiger partial charge >= 0.3 is 6.18 Å². The summed E-state index contributed by atoms with van der Waals surface area (Å²) in [6.45, 7) is 0. The van der Waals surface area contributed by atoms with E-state index >= 15 is 0 Å². The number of Topliss-reactive ketones (excluding diaryl/α,β-unsaturated/α-hetero) is 2. The molecule has 0 radical (unpaired) electrons. The van der Waals surface area contributed by atoms with Gasteiger partial charge in [0, 0.05) is 15.7 Å². The van der Waals surface area contributed by atoms with Crippen LogP contribution in [0.25, 0.3) is 10.8 Å². The number of ketones is 2. The van der Waals surface area contributed by atoms with Gasteiger partial charge in [-0.05, 0) is 52.0 Å². The number of carbonyl (C=O) groups excluding carboxylic acids is 2. The Balaban J connectivity index is 1.87. The Labute approximate surface area is 207 Å². The number of hydrogen-bond acceptors (Lipinski definition) is 4. The van der Waals surface area contributed by atoms with E-state index in [1.165, 1.54) is 30.3 Å². The Bertz CT molecular complexity index is 1360. The summed E-state index contributed by atoms with van der Waals surface area (Å²) in [5.74, 6) is -5.21. The monoisotopic (exact) mass is 521 g/mol. The summed E-state index contributed by atoms with van der Waals surface area (Å²) in [5, 5.41) is 6.59. The number of nitrogens with one attached hydrogen (secondary N) is 1. The van der Waals surface area contributed by atoms with Gasteiger partial charge in [0.05, 0.1) is 10.9 Å². The second-order valence-corrected chi connectivity index (χ2v) is 9.32. The summed E-state index contributed by atoms with van der Waals surface area (Å²) in [5.41, 5.74) is 0.570. The van der Waals surface area contributed by atoms with Crippen LogP contribution in [-0.2, 0) is 4.79 Å². The Morgan fingerprint density at radius 3 is 2.26 bits per heavy atom. The second-order valence-electron chi connectivity index (χ2n) is 7.53. The van der Waals surface area contributed by atoms with Crippen LogP contribution in [0.5, 0.6) is 0 Å². The largest absolute Gasteiger partial charge is 0.450 e. The van der Waals surface area contributed by atoms with Crippen LogP contribution >= 0.6 is 34.5 Å². The Morgan fingerprint density at radius 1 is 0.882 bits per heavy atom. The van der Waals surface area contributed by atoms with Crippen LogP contribution in [0.2, 0.25) is 10.0 Å². The lowest BCUT2D eigenvalue weighted by Crippen LogP contribution is -2.41. The molecular formula is C25H16Cl2F3NO2S. The van der Waals surface area contributed by atoms with Crippen LogP contribution in [0.4, 0.5) is 18.9 Å². The van der Waals surface area contributed by atoms with Crippen molar-refractivity contribution in [2.45, 2.75) is 12.2 Å². The maximum absolute atomic E-state index is 13.7. The molecular weight excluding hydrogens is 506 g/mol. The highest BCUT2D eigenvalue weighted by Gasteiger charge is 2.50. The highest BCUT2D eigenvalue weighted by Crippen LogP contribution is 2.39. The van der Waals surface area contributed by atoms with E-state index in [0.717, 1.165) is 22.1 Å². The van der Waals surface area contributed by atoms with Gasteiger partial charge in [-0.1, -0.05) is 65.7 Å². The fraction of sp³-hybridized carbons (Fsp3) is 0.120.